The fourth-order valence-corrected chi connectivity index (χ4v) is 1.83. The number of nitrogens with one attached hydrogen (secondary N) is 1. The summed E-state index contributed by atoms with van der Waals surface area (Å²) >= 11 is 0.899. The molecule has 1 rings (SSSR count). The van der Waals surface area contributed by atoms with Crippen molar-refractivity contribution in [3.63, 3.8) is 0 Å². The molecule has 1 saturated heterocycles. The second kappa shape index (κ2) is 5.45. The highest BCUT2D eigenvalue weighted by Crippen LogP contribution is 2.17. The topological polar surface area (TPSA) is 110 Å². The van der Waals surface area contributed by atoms with E-state index in [0.717, 1.165) is 16.7 Å². The number of nitro groups is 1. The van der Waals surface area contributed by atoms with Crippen LogP contribution in [0.1, 0.15) is 0 Å². The number of hydrogen-bond donors (Lipinski definition) is 1. The van der Waals surface area contributed by atoms with Crippen LogP contribution in [0.15, 0.2) is 0 Å². The third-order valence-corrected chi connectivity index (χ3v) is 2.63. The van der Waals surface area contributed by atoms with Gasteiger partial charge < -0.3 is 5.32 Å². The number of carbonyl (C=O) groups is 3. The predicted octanol–water partition coefficient (Wildman–Crippen LogP) is -0.925. The monoisotopic (exact) mass is 247 g/mol. The molecule has 1 aliphatic rings. The largest absolute Gasteiger partial charge is 0.349 e. The minimum Gasteiger partial charge on any atom is -0.349 e. The van der Waals surface area contributed by atoms with E-state index in [2.05, 4.69) is 5.32 Å². The van der Waals surface area contributed by atoms with Crippen LogP contribution in [0.2, 0.25) is 0 Å². The van der Waals surface area contributed by atoms with Crippen LogP contribution in [0.3, 0.4) is 0 Å². The maximum atomic E-state index is 11.1. The van der Waals surface area contributed by atoms with Crippen LogP contribution in [0, 0.1) is 10.1 Å². The lowest BCUT2D eigenvalue weighted by Crippen LogP contribution is -2.39. The molecule has 0 atom stereocenters. The molecule has 8 nitrogen and oxygen atoms in total. The van der Waals surface area contributed by atoms with Crippen LogP contribution in [0.25, 0.3) is 0 Å². The van der Waals surface area contributed by atoms with Crippen LogP contribution in [0.4, 0.5) is 4.79 Å². The van der Waals surface area contributed by atoms with Crippen LogP contribution in [0.5, 0.6) is 0 Å². The highest BCUT2D eigenvalue weighted by atomic mass is 32.2. The fourth-order valence-electron chi connectivity index (χ4n) is 1.08. The summed E-state index contributed by atoms with van der Waals surface area (Å²) in [7, 11) is 0. The van der Waals surface area contributed by atoms with E-state index < -0.39 is 17.4 Å². The molecule has 16 heavy (non-hydrogen) atoms. The average Bonchev–Trinajstić information content (AvgIpc) is 2.47. The molecular formula is C7H9N3O5S. The quantitative estimate of drug-likeness (QED) is 0.496. The van der Waals surface area contributed by atoms with Crippen molar-refractivity contribution in [1.29, 1.82) is 0 Å². The molecule has 0 radical (unpaired) electrons. The van der Waals surface area contributed by atoms with Gasteiger partial charge in [-0.25, -0.2) is 0 Å². The molecule has 0 saturated carbocycles. The normalized spacial score (nSPS) is 15.4. The van der Waals surface area contributed by atoms with Gasteiger partial charge in [0, 0.05) is 18.0 Å². The summed E-state index contributed by atoms with van der Waals surface area (Å²) in [5, 5.41) is 11.8. The van der Waals surface area contributed by atoms with Crippen LogP contribution in [-0.2, 0) is 9.59 Å². The van der Waals surface area contributed by atoms with Crippen molar-refractivity contribution in [1.82, 2.24) is 10.2 Å². The molecule has 0 unspecified atom stereocenters. The van der Waals surface area contributed by atoms with Gasteiger partial charge in [-0.15, -0.1) is 0 Å². The smallest absolute Gasteiger partial charge is 0.291 e. The zero-order valence-corrected chi connectivity index (χ0v) is 8.99. The summed E-state index contributed by atoms with van der Waals surface area (Å²) in [6, 6.07) is 0. The zero-order valence-electron chi connectivity index (χ0n) is 8.17. The summed E-state index contributed by atoms with van der Waals surface area (Å²) in [6.45, 7) is -0.727. The molecule has 0 aromatic carbocycles. The van der Waals surface area contributed by atoms with Crippen molar-refractivity contribution < 1.29 is 19.3 Å². The minimum absolute atomic E-state index is 0.0325. The molecule has 9 heteroatoms. The van der Waals surface area contributed by atoms with Crippen molar-refractivity contribution in [2.75, 3.05) is 25.4 Å². The number of amides is 3. The van der Waals surface area contributed by atoms with E-state index in [9.17, 15) is 24.5 Å². The van der Waals surface area contributed by atoms with Crippen LogP contribution in [-0.4, -0.2) is 52.3 Å². The molecule has 1 aliphatic heterocycles. The van der Waals surface area contributed by atoms with Gasteiger partial charge in [0.2, 0.25) is 5.91 Å². The van der Waals surface area contributed by atoms with E-state index in [1.807, 2.05) is 0 Å². The molecule has 0 aromatic heterocycles. The van der Waals surface area contributed by atoms with Gasteiger partial charge >= 0.3 is 0 Å². The Morgan fingerprint density at radius 3 is 2.75 bits per heavy atom. The predicted molar refractivity (Wildman–Crippen MR) is 54.4 cm³/mol. The Morgan fingerprint density at radius 1 is 1.56 bits per heavy atom. The highest BCUT2D eigenvalue weighted by Gasteiger charge is 2.29. The Morgan fingerprint density at radius 2 is 2.25 bits per heavy atom. The Hall–Kier alpha value is -1.64. The van der Waals surface area contributed by atoms with E-state index in [-0.39, 0.29) is 30.0 Å². The molecule has 0 bridgehead atoms. The zero-order chi connectivity index (χ0) is 12.1. The van der Waals surface area contributed by atoms with Gasteiger partial charge in [0.05, 0.1) is 5.75 Å². The SMILES string of the molecule is O=C(C[N+](=O)[O-])NCCN1C(=O)CSC1=O. The van der Waals surface area contributed by atoms with Gasteiger partial charge in [-0.2, -0.15) is 0 Å². The first kappa shape index (κ1) is 12.4. The first-order valence-corrected chi connectivity index (χ1v) is 5.35. The van der Waals surface area contributed by atoms with Crippen molar-refractivity contribution in [3.8, 4) is 0 Å². The lowest BCUT2D eigenvalue weighted by atomic mass is 10.5. The summed E-state index contributed by atoms with van der Waals surface area (Å²) in [6.07, 6.45) is 0. The van der Waals surface area contributed by atoms with Crippen molar-refractivity contribution in [3.05, 3.63) is 10.1 Å². The molecule has 0 spiro atoms. The number of rotatable bonds is 5. The molecule has 88 valence electrons. The summed E-state index contributed by atoms with van der Waals surface area (Å²) in [5.74, 6) is -0.933. The molecule has 1 fully saturated rings. The van der Waals surface area contributed by atoms with E-state index in [0.29, 0.717) is 0 Å². The fraction of sp³-hybridized carbons (Fsp3) is 0.571. The molecular weight excluding hydrogens is 238 g/mol. The number of nitrogens with zero attached hydrogens (tertiary/aromatic N) is 2. The Balaban J connectivity index is 2.25. The summed E-state index contributed by atoms with van der Waals surface area (Å²) in [5.41, 5.74) is 0. The minimum atomic E-state index is -0.809. The van der Waals surface area contributed by atoms with Crippen molar-refractivity contribution >= 4 is 28.8 Å². The van der Waals surface area contributed by atoms with Crippen LogP contribution < -0.4 is 5.32 Å². The molecule has 0 aromatic rings. The third kappa shape index (κ3) is 3.50. The summed E-state index contributed by atoms with van der Waals surface area (Å²) < 4.78 is 0. The van der Waals surface area contributed by atoms with Gasteiger partial charge in [-0.1, -0.05) is 11.8 Å². The Bertz CT molecular complexity index is 329. The van der Waals surface area contributed by atoms with E-state index >= 15 is 0 Å². The molecule has 3 amide bonds. The average molecular weight is 247 g/mol. The summed E-state index contributed by atoms with van der Waals surface area (Å²) in [4.78, 5) is 43.2. The lowest BCUT2D eigenvalue weighted by Gasteiger charge is -2.12. The van der Waals surface area contributed by atoms with Gasteiger partial charge in [-0.3, -0.25) is 29.4 Å². The number of thioether (sulfide) groups is 1. The lowest BCUT2D eigenvalue weighted by molar-refractivity contribution is -0.467. The molecule has 1 heterocycles. The molecule has 1 N–H and O–H groups in total. The standard InChI is InChI=1S/C7H9N3O5S/c11-5(3-10(14)15)8-1-2-9-6(12)4-16-7(9)13/h1-4H2,(H,8,11). The number of imide groups is 1. The van der Waals surface area contributed by atoms with Gasteiger partial charge in [0.15, 0.2) is 0 Å². The van der Waals surface area contributed by atoms with Gasteiger partial charge in [0.25, 0.3) is 17.7 Å². The number of carbonyl (C=O) groups excluding carboxylic acids is 3. The third-order valence-electron chi connectivity index (χ3n) is 1.77. The first-order valence-electron chi connectivity index (χ1n) is 4.36. The Kier molecular flexibility index (Phi) is 4.23. The van der Waals surface area contributed by atoms with Gasteiger partial charge in [-0.05, 0) is 0 Å². The van der Waals surface area contributed by atoms with Crippen molar-refractivity contribution in [2.24, 2.45) is 0 Å². The van der Waals surface area contributed by atoms with E-state index in [4.69, 9.17) is 0 Å². The second-order valence-electron chi connectivity index (χ2n) is 2.94. The number of hydrogen-bond acceptors (Lipinski definition) is 6. The van der Waals surface area contributed by atoms with Gasteiger partial charge in [0.1, 0.15) is 0 Å². The van der Waals surface area contributed by atoms with E-state index in [1.165, 1.54) is 0 Å². The van der Waals surface area contributed by atoms with E-state index in [1.54, 1.807) is 0 Å². The maximum absolute atomic E-state index is 11.1. The first-order chi connectivity index (χ1) is 7.50. The maximum Gasteiger partial charge on any atom is 0.291 e. The van der Waals surface area contributed by atoms with Crippen LogP contribution >= 0.6 is 11.8 Å². The van der Waals surface area contributed by atoms with Crippen molar-refractivity contribution in [2.45, 2.75) is 0 Å². The second-order valence-corrected chi connectivity index (χ2v) is 3.87. The Labute approximate surface area is 94.5 Å². The molecule has 0 aliphatic carbocycles. The highest BCUT2D eigenvalue weighted by molar-refractivity contribution is 8.14.